The van der Waals surface area contributed by atoms with Gasteiger partial charge >= 0.3 is 11.9 Å². The number of rotatable bonds is 18. The van der Waals surface area contributed by atoms with Gasteiger partial charge in [0.2, 0.25) is 0 Å². The molecule has 0 bridgehead atoms. The first kappa shape index (κ1) is 25.9. The van der Waals surface area contributed by atoms with E-state index in [4.69, 9.17) is 10.2 Å². The van der Waals surface area contributed by atoms with Crippen molar-refractivity contribution in [2.24, 2.45) is 0 Å². The van der Waals surface area contributed by atoms with Crippen LogP contribution in [0.5, 0.6) is 0 Å². The lowest BCUT2D eigenvalue weighted by atomic mass is 10.0. The molecule has 0 fully saturated rings. The zero-order valence-corrected chi connectivity index (χ0v) is 19.2. The highest BCUT2D eigenvalue weighted by Crippen LogP contribution is 2.40. The van der Waals surface area contributed by atoms with Crippen molar-refractivity contribution < 1.29 is 19.8 Å². The molecule has 29 heavy (non-hydrogen) atoms. The number of thioether (sulfide) groups is 2. The molecule has 1 aromatic rings. The maximum Gasteiger partial charge on any atom is 0.304 e. The van der Waals surface area contributed by atoms with Crippen molar-refractivity contribution in [2.75, 3.05) is 11.5 Å². The third-order valence-electron chi connectivity index (χ3n) is 4.74. The van der Waals surface area contributed by atoms with E-state index >= 15 is 0 Å². The standard InChI is InChI=1S/C23H36O4S2/c1-2-3-4-5-6-7-8-9-10-19-11-13-20(14-12-19)23(28-17-15-21(24)25)29-18-16-22(26)27/h11-14,23H,2-10,15-18H2,1H3,(H,24,25)(H,26,27). The third kappa shape index (κ3) is 13.7. The van der Waals surface area contributed by atoms with Gasteiger partial charge in [-0.15, -0.1) is 23.5 Å². The second-order valence-corrected chi connectivity index (χ2v) is 10.1. The molecule has 0 unspecified atom stereocenters. The highest BCUT2D eigenvalue weighted by Gasteiger charge is 2.14. The number of carboxylic acids is 2. The Hall–Kier alpha value is -1.14. The van der Waals surface area contributed by atoms with E-state index in [1.54, 1.807) is 23.5 Å². The highest BCUT2D eigenvalue weighted by atomic mass is 32.2. The summed E-state index contributed by atoms with van der Waals surface area (Å²) in [7, 11) is 0. The van der Waals surface area contributed by atoms with Gasteiger partial charge in [0.25, 0.3) is 0 Å². The van der Waals surface area contributed by atoms with E-state index in [9.17, 15) is 9.59 Å². The average molecular weight is 441 g/mol. The summed E-state index contributed by atoms with van der Waals surface area (Å²) in [6, 6.07) is 8.57. The Morgan fingerprint density at radius 1 is 0.793 bits per heavy atom. The van der Waals surface area contributed by atoms with Gasteiger partial charge in [-0.3, -0.25) is 9.59 Å². The summed E-state index contributed by atoms with van der Waals surface area (Å²) >= 11 is 3.16. The first-order valence-corrected chi connectivity index (χ1v) is 12.9. The fourth-order valence-corrected chi connectivity index (χ4v) is 5.73. The van der Waals surface area contributed by atoms with Gasteiger partial charge in [-0.25, -0.2) is 0 Å². The van der Waals surface area contributed by atoms with E-state index in [1.165, 1.54) is 56.9 Å². The lowest BCUT2D eigenvalue weighted by molar-refractivity contribution is -0.137. The molecule has 0 aromatic heterocycles. The quantitative estimate of drug-likeness (QED) is 0.193. The third-order valence-corrected chi connectivity index (χ3v) is 7.59. The normalized spacial score (nSPS) is 11.1. The summed E-state index contributed by atoms with van der Waals surface area (Å²) in [5.41, 5.74) is 2.47. The van der Waals surface area contributed by atoms with Crippen LogP contribution in [0.1, 0.15) is 86.8 Å². The number of hydrogen-bond donors (Lipinski definition) is 2. The summed E-state index contributed by atoms with van der Waals surface area (Å²) in [6.07, 6.45) is 11.9. The molecule has 0 spiro atoms. The lowest BCUT2D eigenvalue weighted by Crippen LogP contribution is -2.01. The summed E-state index contributed by atoms with van der Waals surface area (Å²) in [6.45, 7) is 2.25. The van der Waals surface area contributed by atoms with E-state index in [0.29, 0.717) is 11.5 Å². The second-order valence-electron chi connectivity index (χ2n) is 7.33. The molecule has 4 nitrogen and oxygen atoms in total. The minimum Gasteiger partial charge on any atom is -0.481 e. The van der Waals surface area contributed by atoms with Gasteiger partial charge in [0.05, 0.1) is 17.4 Å². The summed E-state index contributed by atoms with van der Waals surface area (Å²) in [4.78, 5) is 21.6. The molecule has 0 heterocycles. The molecule has 0 aliphatic heterocycles. The summed E-state index contributed by atoms with van der Waals surface area (Å²) < 4.78 is 0.0749. The van der Waals surface area contributed by atoms with Crippen LogP contribution in [0.4, 0.5) is 0 Å². The number of carbonyl (C=O) groups is 2. The molecule has 164 valence electrons. The molecule has 6 heteroatoms. The Balaban J connectivity index is 2.41. The van der Waals surface area contributed by atoms with Gasteiger partial charge in [-0.1, -0.05) is 76.1 Å². The summed E-state index contributed by atoms with van der Waals surface area (Å²) in [5.74, 6) is -0.542. The minimum atomic E-state index is -0.799. The largest absolute Gasteiger partial charge is 0.481 e. The molecule has 0 amide bonds. The molecule has 0 saturated heterocycles. The Bertz CT molecular complexity index is 555. The monoisotopic (exact) mass is 440 g/mol. The molecule has 2 N–H and O–H groups in total. The van der Waals surface area contributed by atoms with Crippen LogP contribution in [0.15, 0.2) is 24.3 Å². The van der Waals surface area contributed by atoms with Crippen LogP contribution in [-0.2, 0) is 16.0 Å². The van der Waals surface area contributed by atoms with Gasteiger partial charge in [0.1, 0.15) is 0 Å². The maximum atomic E-state index is 10.8. The van der Waals surface area contributed by atoms with Crippen LogP contribution < -0.4 is 0 Å². The number of aliphatic carboxylic acids is 2. The lowest BCUT2D eigenvalue weighted by Gasteiger charge is -2.16. The molecule has 0 aliphatic carbocycles. The Morgan fingerprint density at radius 3 is 1.76 bits per heavy atom. The van der Waals surface area contributed by atoms with Gasteiger partial charge in [0, 0.05) is 11.5 Å². The zero-order valence-electron chi connectivity index (χ0n) is 17.6. The maximum absolute atomic E-state index is 10.8. The van der Waals surface area contributed by atoms with E-state index in [-0.39, 0.29) is 17.4 Å². The van der Waals surface area contributed by atoms with E-state index in [1.807, 2.05) is 0 Å². The van der Waals surface area contributed by atoms with Crippen molar-refractivity contribution in [2.45, 2.75) is 82.1 Å². The topological polar surface area (TPSA) is 74.6 Å². The van der Waals surface area contributed by atoms with Crippen molar-refractivity contribution >= 4 is 35.5 Å². The van der Waals surface area contributed by atoms with Crippen molar-refractivity contribution in [1.29, 1.82) is 0 Å². The zero-order chi connectivity index (χ0) is 21.3. The molecule has 0 atom stereocenters. The van der Waals surface area contributed by atoms with E-state index in [2.05, 4.69) is 31.2 Å². The van der Waals surface area contributed by atoms with Gasteiger partial charge in [0.15, 0.2) is 0 Å². The predicted octanol–water partition coefficient (Wildman–Crippen LogP) is 6.78. The van der Waals surface area contributed by atoms with Crippen LogP contribution in [-0.4, -0.2) is 33.7 Å². The van der Waals surface area contributed by atoms with Crippen LogP contribution in [0.2, 0.25) is 0 Å². The Kier molecular flexibility index (Phi) is 14.9. The molecule has 0 aliphatic rings. The number of benzene rings is 1. The second kappa shape index (κ2) is 16.6. The van der Waals surface area contributed by atoms with Crippen LogP contribution in [0.25, 0.3) is 0 Å². The van der Waals surface area contributed by atoms with Gasteiger partial charge in [-0.2, -0.15) is 0 Å². The van der Waals surface area contributed by atoms with Crippen molar-refractivity contribution in [1.82, 2.24) is 0 Å². The molecule has 1 aromatic carbocycles. The smallest absolute Gasteiger partial charge is 0.304 e. The Labute approximate surface area is 184 Å². The van der Waals surface area contributed by atoms with Gasteiger partial charge < -0.3 is 10.2 Å². The Morgan fingerprint density at radius 2 is 1.28 bits per heavy atom. The fraction of sp³-hybridized carbons (Fsp3) is 0.652. The van der Waals surface area contributed by atoms with Crippen LogP contribution >= 0.6 is 23.5 Å². The average Bonchev–Trinajstić information content (AvgIpc) is 2.69. The molecule has 0 saturated carbocycles. The molecular formula is C23H36O4S2. The number of carboxylic acid groups (broad SMARTS) is 2. The first-order valence-electron chi connectivity index (χ1n) is 10.8. The van der Waals surface area contributed by atoms with E-state index < -0.39 is 11.9 Å². The predicted molar refractivity (Wildman–Crippen MR) is 125 cm³/mol. The first-order chi connectivity index (χ1) is 14.0. The van der Waals surface area contributed by atoms with Crippen molar-refractivity contribution in [3.8, 4) is 0 Å². The summed E-state index contributed by atoms with van der Waals surface area (Å²) in [5, 5.41) is 17.7. The molecule has 1 rings (SSSR count). The molecule has 0 radical (unpaired) electrons. The SMILES string of the molecule is CCCCCCCCCCc1ccc(C(SCCC(=O)O)SCCC(=O)O)cc1. The molecular weight excluding hydrogens is 404 g/mol. The van der Waals surface area contributed by atoms with Crippen LogP contribution in [0.3, 0.4) is 0 Å². The highest BCUT2D eigenvalue weighted by molar-refractivity contribution is 8.16. The minimum absolute atomic E-state index is 0.0749. The van der Waals surface area contributed by atoms with Crippen molar-refractivity contribution in [3.63, 3.8) is 0 Å². The number of unbranched alkanes of at least 4 members (excludes halogenated alkanes) is 7. The van der Waals surface area contributed by atoms with E-state index in [0.717, 1.165) is 12.0 Å². The van der Waals surface area contributed by atoms with Crippen molar-refractivity contribution in [3.05, 3.63) is 35.4 Å². The number of hydrogen-bond acceptors (Lipinski definition) is 4. The number of aryl methyl sites for hydroxylation is 1. The van der Waals surface area contributed by atoms with Crippen LogP contribution in [0, 0.1) is 0 Å². The van der Waals surface area contributed by atoms with Gasteiger partial charge in [-0.05, 0) is 24.0 Å². The fourth-order valence-electron chi connectivity index (χ4n) is 3.05.